The van der Waals surface area contributed by atoms with E-state index in [0.717, 1.165) is 23.7 Å². The molecule has 0 saturated heterocycles. The second-order valence-electron chi connectivity index (χ2n) is 7.74. The second-order valence-corrected chi connectivity index (χ2v) is 8.15. The van der Waals surface area contributed by atoms with Crippen molar-refractivity contribution in [3.63, 3.8) is 0 Å². The number of aromatic nitrogens is 2. The van der Waals surface area contributed by atoms with Crippen molar-refractivity contribution in [1.82, 2.24) is 19.9 Å². The number of nitrogens with zero attached hydrogens (tertiary/aromatic N) is 3. The van der Waals surface area contributed by atoms with E-state index in [-0.39, 0.29) is 23.6 Å². The molecule has 0 bridgehead atoms. The molecule has 8 heteroatoms. The van der Waals surface area contributed by atoms with Crippen molar-refractivity contribution in [1.29, 1.82) is 0 Å². The summed E-state index contributed by atoms with van der Waals surface area (Å²) in [5, 5.41) is 8.91. The molecule has 7 nitrogen and oxygen atoms in total. The van der Waals surface area contributed by atoms with Gasteiger partial charge in [-0.15, -0.1) is 0 Å². The van der Waals surface area contributed by atoms with Crippen LogP contribution in [0.4, 0.5) is 0 Å². The van der Waals surface area contributed by atoms with Gasteiger partial charge in [0, 0.05) is 17.5 Å². The molecule has 148 valence electrons. The van der Waals surface area contributed by atoms with Gasteiger partial charge in [-0.3, -0.25) is 9.59 Å². The van der Waals surface area contributed by atoms with E-state index < -0.39 is 0 Å². The Bertz CT molecular complexity index is 1120. The van der Waals surface area contributed by atoms with Crippen LogP contribution in [0.3, 0.4) is 0 Å². The molecule has 2 unspecified atom stereocenters. The Kier molecular flexibility index (Phi) is 4.89. The summed E-state index contributed by atoms with van der Waals surface area (Å²) in [5.41, 5.74) is 1.14. The first-order valence-corrected chi connectivity index (χ1v) is 9.77. The van der Waals surface area contributed by atoms with Crippen LogP contribution in [0, 0.1) is 6.92 Å². The Morgan fingerprint density at radius 3 is 2.89 bits per heavy atom. The third-order valence-corrected chi connectivity index (χ3v) is 5.69. The molecule has 0 aliphatic heterocycles. The fourth-order valence-corrected chi connectivity index (χ4v) is 4.48. The molecule has 28 heavy (non-hydrogen) atoms. The number of hydrogen-bond acceptors (Lipinski definition) is 5. The maximum Gasteiger partial charge on any atom is 0.264 e. The van der Waals surface area contributed by atoms with Crippen LogP contribution in [0.15, 0.2) is 27.5 Å². The van der Waals surface area contributed by atoms with Crippen molar-refractivity contribution in [2.45, 2.75) is 38.3 Å². The quantitative estimate of drug-likeness (QED) is 0.725. The summed E-state index contributed by atoms with van der Waals surface area (Å²) in [4.78, 5) is 27.3. The molecule has 2 aromatic heterocycles. The zero-order valence-electron chi connectivity index (χ0n) is 16.2. The first-order chi connectivity index (χ1) is 13.4. The number of carbonyl (C=O) groups excluding carboxylic acids is 1. The molecule has 2 heterocycles. The summed E-state index contributed by atoms with van der Waals surface area (Å²) in [5.74, 6) is 0.491. The molecule has 3 aromatic rings. The molecule has 0 spiro atoms. The summed E-state index contributed by atoms with van der Waals surface area (Å²) in [6.07, 6.45) is 2.35. The zero-order chi connectivity index (χ0) is 20.0. The number of pyridine rings is 1. The number of halogens is 1. The molecule has 1 aromatic carbocycles. The highest BCUT2D eigenvalue weighted by atomic mass is 35.5. The topological polar surface area (TPSA) is 80.4 Å². The molecule has 0 radical (unpaired) electrons. The normalized spacial score (nSPS) is 19.8. The highest BCUT2D eigenvalue weighted by Gasteiger charge is 2.30. The van der Waals surface area contributed by atoms with Gasteiger partial charge in [-0.1, -0.05) is 22.8 Å². The van der Waals surface area contributed by atoms with Gasteiger partial charge in [0.15, 0.2) is 0 Å². The molecule has 1 fully saturated rings. The van der Waals surface area contributed by atoms with Gasteiger partial charge in [-0.2, -0.15) is 0 Å². The number of carbonyl (C=O) groups is 1. The van der Waals surface area contributed by atoms with Crippen LogP contribution in [-0.2, 0) is 4.79 Å². The number of amides is 1. The lowest BCUT2D eigenvalue weighted by molar-refractivity contribution is -0.122. The summed E-state index contributed by atoms with van der Waals surface area (Å²) >= 11 is 6.46. The highest BCUT2D eigenvalue weighted by molar-refractivity contribution is 6.37. The largest absolute Gasteiger partial charge is 0.360 e. The fourth-order valence-electron chi connectivity index (χ4n) is 4.22. The van der Waals surface area contributed by atoms with Crippen LogP contribution in [-0.4, -0.2) is 47.2 Å². The van der Waals surface area contributed by atoms with E-state index in [0.29, 0.717) is 34.7 Å². The van der Waals surface area contributed by atoms with Crippen molar-refractivity contribution in [3.8, 4) is 0 Å². The zero-order valence-corrected chi connectivity index (χ0v) is 16.9. The summed E-state index contributed by atoms with van der Waals surface area (Å²) in [7, 11) is 3.73. The van der Waals surface area contributed by atoms with Crippen molar-refractivity contribution in [3.05, 3.63) is 39.3 Å². The smallest absolute Gasteiger partial charge is 0.264 e. The summed E-state index contributed by atoms with van der Waals surface area (Å²) in [6.45, 7) is 2.09. The minimum Gasteiger partial charge on any atom is -0.360 e. The SMILES string of the molecule is Cc1onc2c1c(=O)n(C1CCC(NC(=O)CN(C)C)C1)c1cccc(Cl)c21. The maximum atomic E-state index is 13.3. The fraction of sp³-hybridized carbons (Fsp3) is 0.450. The monoisotopic (exact) mass is 402 g/mol. The Hall–Kier alpha value is -2.38. The number of nitrogens with one attached hydrogen (secondary N) is 1. The van der Waals surface area contributed by atoms with Crippen molar-refractivity contribution >= 4 is 39.3 Å². The van der Waals surface area contributed by atoms with E-state index in [9.17, 15) is 9.59 Å². The summed E-state index contributed by atoms with van der Waals surface area (Å²) in [6, 6.07) is 5.56. The van der Waals surface area contributed by atoms with E-state index in [4.69, 9.17) is 16.1 Å². The van der Waals surface area contributed by atoms with Gasteiger partial charge in [-0.25, -0.2) is 0 Å². The second kappa shape index (κ2) is 7.22. The average Bonchev–Trinajstić information content (AvgIpc) is 3.21. The van der Waals surface area contributed by atoms with Crippen molar-refractivity contribution in [2.24, 2.45) is 0 Å². The van der Waals surface area contributed by atoms with Gasteiger partial charge in [0.1, 0.15) is 16.7 Å². The molecule has 1 aliphatic rings. The number of benzene rings is 1. The molecule has 1 saturated carbocycles. The van der Waals surface area contributed by atoms with Gasteiger partial charge in [0.05, 0.1) is 17.1 Å². The maximum absolute atomic E-state index is 13.3. The van der Waals surface area contributed by atoms with Crippen molar-refractivity contribution < 1.29 is 9.32 Å². The van der Waals surface area contributed by atoms with Gasteiger partial charge in [0.2, 0.25) is 5.91 Å². The predicted octanol–water partition coefficient (Wildman–Crippen LogP) is 2.88. The lowest BCUT2D eigenvalue weighted by Crippen LogP contribution is -2.39. The van der Waals surface area contributed by atoms with Crippen molar-refractivity contribution in [2.75, 3.05) is 20.6 Å². The lowest BCUT2D eigenvalue weighted by Gasteiger charge is -2.19. The number of aryl methyl sites for hydroxylation is 1. The minimum absolute atomic E-state index is 0.00114. The van der Waals surface area contributed by atoms with Gasteiger partial charge in [-0.05, 0) is 52.4 Å². The molecule has 1 aliphatic carbocycles. The Morgan fingerprint density at radius 1 is 1.36 bits per heavy atom. The van der Waals surface area contributed by atoms with Crippen LogP contribution in [0.25, 0.3) is 21.8 Å². The highest BCUT2D eigenvalue weighted by Crippen LogP contribution is 2.36. The van der Waals surface area contributed by atoms with E-state index in [1.165, 1.54) is 0 Å². The van der Waals surface area contributed by atoms with E-state index in [1.54, 1.807) is 13.0 Å². The number of hydrogen-bond donors (Lipinski definition) is 1. The van der Waals surface area contributed by atoms with Gasteiger partial charge in [0.25, 0.3) is 5.56 Å². The third-order valence-electron chi connectivity index (χ3n) is 5.38. The summed E-state index contributed by atoms with van der Waals surface area (Å²) < 4.78 is 7.11. The number of fused-ring (bicyclic) bond motifs is 3. The van der Waals surface area contributed by atoms with E-state index >= 15 is 0 Å². The molecule has 4 rings (SSSR count). The molecule has 1 N–H and O–H groups in total. The lowest BCUT2D eigenvalue weighted by atomic mass is 10.1. The Balaban J connectivity index is 1.76. The standard InChI is InChI=1S/C20H23ClN4O3/c1-11-17-19(23-28-11)18-14(21)5-4-6-15(18)25(20(17)27)13-8-7-12(9-13)22-16(26)10-24(2)3/h4-6,12-13H,7-10H2,1-3H3,(H,22,26). The van der Waals surface area contributed by atoms with E-state index in [2.05, 4.69) is 10.5 Å². The number of rotatable bonds is 4. The van der Waals surface area contributed by atoms with Crippen LogP contribution in [0.2, 0.25) is 5.02 Å². The van der Waals surface area contributed by atoms with Crippen LogP contribution in [0.5, 0.6) is 0 Å². The first kappa shape index (κ1) is 19.0. The number of likely N-dealkylation sites (N-methyl/N-ethyl adjacent to an activating group) is 1. The molecular weight excluding hydrogens is 380 g/mol. The third kappa shape index (κ3) is 3.18. The first-order valence-electron chi connectivity index (χ1n) is 9.39. The van der Waals surface area contributed by atoms with Gasteiger partial charge < -0.3 is 19.3 Å². The van der Waals surface area contributed by atoms with Crippen LogP contribution in [0.1, 0.15) is 31.1 Å². The van der Waals surface area contributed by atoms with Crippen LogP contribution < -0.4 is 10.9 Å². The average molecular weight is 403 g/mol. The van der Waals surface area contributed by atoms with E-state index in [1.807, 2.05) is 35.7 Å². The molecule has 1 amide bonds. The Morgan fingerprint density at radius 2 is 2.14 bits per heavy atom. The van der Waals surface area contributed by atoms with Crippen LogP contribution >= 0.6 is 11.6 Å². The minimum atomic E-state index is -0.117. The predicted molar refractivity (Wildman–Crippen MR) is 109 cm³/mol. The Labute approximate surface area is 167 Å². The molecule has 2 atom stereocenters. The molecular formula is C20H23ClN4O3. The van der Waals surface area contributed by atoms with Gasteiger partial charge >= 0.3 is 0 Å².